The maximum absolute atomic E-state index is 10.9. The van der Waals surface area contributed by atoms with Gasteiger partial charge in [-0.05, 0) is 20.8 Å². The van der Waals surface area contributed by atoms with Crippen molar-refractivity contribution >= 4 is 5.97 Å². The summed E-state index contributed by atoms with van der Waals surface area (Å²) in [6, 6.07) is 0. The van der Waals surface area contributed by atoms with E-state index in [1.54, 1.807) is 0 Å². The fourth-order valence-corrected chi connectivity index (χ4v) is 0.567. The minimum atomic E-state index is -0.397. The molecule has 0 fully saturated rings. The summed E-state index contributed by atoms with van der Waals surface area (Å²) in [4.78, 5) is 10.9. The molecule has 4 nitrogen and oxygen atoms in total. The number of ether oxygens (including phenoxy) is 1. The van der Waals surface area contributed by atoms with Crippen molar-refractivity contribution < 1.29 is 9.53 Å². The molecule has 0 amide bonds. The molecular weight excluding hydrogens is 144 g/mol. The number of hydrogen-bond acceptors (Lipinski definition) is 4. The largest absolute Gasteiger partial charge is 0.460 e. The predicted octanol–water partition coefficient (Wildman–Crippen LogP) is 0.181. The smallest absolute Gasteiger partial charge is 0.307 e. The molecule has 0 rings (SSSR count). The minimum absolute atomic E-state index is 0.226. The highest BCUT2D eigenvalue weighted by Gasteiger charge is 2.15. The van der Waals surface area contributed by atoms with Gasteiger partial charge in [-0.25, -0.2) is 0 Å². The highest BCUT2D eigenvalue weighted by molar-refractivity contribution is 5.70. The highest BCUT2D eigenvalue weighted by Crippen LogP contribution is 2.07. The first-order chi connectivity index (χ1) is 4.95. The normalized spacial score (nSPS) is 11.3. The summed E-state index contributed by atoms with van der Waals surface area (Å²) in [6.07, 6.45) is 0.313. The monoisotopic (exact) mass is 160 g/mol. The second-order valence-electron chi connectivity index (χ2n) is 3.29. The lowest BCUT2D eigenvalue weighted by atomic mass is 10.2. The number of esters is 1. The van der Waals surface area contributed by atoms with Crippen molar-refractivity contribution in [3.05, 3.63) is 0 Å². The minimum Gasteiger partial charge on any atom is -0.460 e. The molecule has 0 spiro atoms. The van der Waals surface area contributed by atoms with Crippen LogP contribution in [-0.4, -0.2) is 18.1 Å². The van der Waals surface area contributed by atoms with Crippen LogP contribution in [0.4, 0.5) is 0 Å². The van der Waals surface area contributed by atoms with Crippen molar-refractivity contribution in [1.82, 2.24) is 5.43 Å². The average molecular weight is 160 g/mol. The topological polar surface area (TPSA) is 64.3 Å². The van der Waals surface area contributed by atoms with E-state index in [1.807, 2.05) is 20.8 Å². The third-order valence-electron chi connectivity index (χ3n) is 0.893. The van der Waals surface area contributed by atoms with Crippen LogP contribution in [0.25, 0.3) is 0 Å². The van der Waals surface area contributed by atoms with Crippen LogP contribution in [0.15, 0.2) is 0 Å². The van der Waals surface area contributed by atoms with Gasteiger partial charge in [-0.2, -0.15) is 0 Å². The van der Waals surface area contributed by atoms with Crippen LogP contribution in [0.1, 0.15) is 27.2 Å². The molecule has 0 saturated heterocycles. The third-order valence-corrected chi connectivity index (χ3v) is 0.893. The van der Waals surface area contributed by atoms with E-state index in [9.17, 15) is 4.79 Å². The fraction of sp³-hybridized carbons (Fsp3) is 0.857. The first-order valence-corrected chi connectivity index (χ1v) is 3.61. The van der Waals surface area contributed by atoms with E-state index in [0.717, 1.165) is 0 Å². The summed E-state index contributed by atoms with van der Waals surface area (Å²) >= 11 is 0. The highest BCUT2D eigenvalue weighted by atomic mass is 16.6. The molecule has 0 aromatic heterocycles. The van der Waals surface area contributed by atoms with Gasteiger partial charge in [0, 0.05) is 6.54 Å². The molecule has 0 unspecified atom stereocenters. The molecule has 0 saturated carbocycles. The Balaban J connectivity index is 3.53. The third kappa shape index (κ3) is 7.29. The van der Waals surface area contributed by atoms with Crippen LogP contribution in [0, 0.1) is 0 Å². The van der Waals surface area contributed by atoms with Gasteiger partial charge in [0.15, 0.2) is 0 Å². The molecule has 0 aliphatic rings. The van der Waals surface area contributed by atoms with Gasteiger partial charge in [-0.1, -0.05) is 0 Å². The number of nitrogens with two attached hydrogens (primary N) is 1. The molecule has 0 aliphatic heterocycles. The Hall–Kier alpha value is -0.610. The van der Waals surface area contributed by atoms with Gasteiger partial charge in [0.2, 0.25) is 0 Å². The van der Waals surface area contributed by atoms with Crippen LogP contribution in [0.2, 0.25) is 0 Å². The molecule has 0 bridgehead atoms. The molecule has 0 aliphatic carbocycles. The molecule has 0 heterocycles. The van der Waals surface area contributed by atoms with E-state index in [2.05, 4.69) is 5.43 Å². The van der Waals surface area contributed by atoms with Gasteiger partial charge in [-0.15, -0.1) is 0 Å². The van der Waals surface area contributed by atoms with Crippen LogP contribution >= 0.6 is 0 Å². The molecule has 0 radical (unpaired) electrons. The molecular formula is C7H16N2O2. The number of rotatable bonds is 3. The SMILES string of the molecule is CC(C)(C)OC(=O)CCNN. The Bertz CT molecular complexity index is 129. The van der Waals surface area contributed by atoms with Crippen molar-refractivity contribution in [2.24, 2.45) is 5.84 Å². The molecule has 0 aromatic carbocycles. The lowest BCUT2D eigenvalue weighted by Gasteiger charge is -2.19. The van der Waals surface area contributed by atoms with E-state index >= 15 is 0 Å². The van der Waals surface area contributed by atoms with E-state index in [-0.39, 0.29) is 5.97 Å². The average Bonchev–Trinajstić information content (AvgIpc) is 1.79. The molecule has 4 heteroatoms. The van der Waals surface area contributed by atoms with Crippen LogP contribution in [-0.2, 0) is 9.53 Å². The quantitative estimate of drug-likeness (QED) is 0.351. The first-order valence-electron chi connectivity index (χ1n) is 3.61. The number of hydrazine groups is 1. The zero-order chi connectivity index (χ0) is 8.91. The van der Waals surface area contributed by atoms with Crippen molar-refractivity contribution in [2.45, 2.75) is 32.8 Å². The number of hydrogen-bond donors (Lipinski definition) is 2. The van der Waals surface area contributed by atoms with E-state index in [1.165, 1.54) is 0 Å². The molecule has 0 atom stereocenters. The molecule has 11 heavy (non-hydrogen) atoms. The lowest BCUT2D eigenvalue weighted by molar-refractivity contribution is -0.154. The summed E-state index contributed by atoms with van der Waals surface area (Å²) in [5.74, 6) is 4.76. The van der Waals surface area contributed by atoms with Gasteiger partial charge in [0.05, 0.1) is 6.42 Å². The van der Waals surface area contributed by atoms with Crippen LogP contribution < -0.4 is 11.3 Å². The van der Waals surface area contributed by atoms with Gasteiger partial charge >= 0.3 is 5.97 Å². The van der Waals surface area contributed by atoms with Gasteiger partial charge in [0.25, 0.3) is 0 Å². The Kier molecular flexibility index (Phi) is 4.07. The first kappa shape index (κ1) is 10.4. The number of carbonyl (C=O) groups excluding carboxylic acids is 1. The van der Waals surface area contributed by atoms with Gasteiger partial charge in [-0.3, -0.25) is 16.1 Å². The predicted molar refractivity (Wildman–Crippen MR) is 42.7 cm³/mol. The van der Waals surface area contributed by atoms with Crippen LogP contribution in [0.3, 0.4) is 0 Å². The van der Waals surface area contributed by atoms with Crippen molar-refractivity contribution in [2.75, 3.05) is 6.54 Å². The molecule has 0 aromatic rings. The summed E-state index contributed by atoms with van der Waals surface area (Å²) in [6.45, 7) is 5.96. The van der Waals surface area contributed by atoms with Gasteiger partial charge in [0.1, 0.15) is 5.60 Å². The van der Waals surface area contributed by atoms with E-state index in [4.69, 9.17) is 10.6 Å². The Morgan fingerprint density at radius 2 is 2.09 bits per heavy atom. The summed E-state index contributed by atoms with van der Waals surface area (Å²) in [7, 11) is 0. The fourth-order valence-electron chi connectivity index (χ4n) is 0.567. The van der Waals surface area contributed by atoms with Crippen molar-refractivity contribution in [1.29, 1.82) is 0 Å². The standard InChI is InChI=1S/C7H16N2O2/c1-7(2,3)11-6(10)4-5-9-8/h9H,4-5,8H2,1-3H3. The molecule has 3 N–H and O–H groups in total. The Morgan fingerprint density at radius 3 is 2.45 bits per heavy atom. The lowest BCUT2D eigenvalue weighted by Crippen LogP contribution is -2.29. The van der Waals surface area contributed by atoms with Crippen molar-refractivity contribution in [3.8, 4) is 0 Å². The maximum Gasteiger partial charge on any atom is 0.307 e. The number of nitrogens with one attached hydrogen (secondary N) is 1. The van der Waals surface area contributed by atoms with Crippen molar-refractivity contribution in [3.63, 3.8) is 0 Å². The van der Waals surface area contributed by atoms with E-state index < -0.39 is 5.60 Å². The van der Waals surface area contributed by atoms with Crippen LogP contribution in [0.5, 0.6) is 0 Å². The number of carbonyl (C=O) groups is 1. The summed E-state index contributed by atoms with van der Waals surface area (Å²) in [5.41, 5.74) is 1.99. The molecule has 66 valence electrons. The Morgan fingerprint density at radius 1 is 1.55 bits per heavy atom. The zero-order valence-electron chi connectivity index (χ0n) is 7.31. The zero-order valence-corrected chi connectivity index (χ0v) is 7.31. The summed E-state index contributed by atoms with van der Waals surface area (Å²) in [5, 5.41) is 0. The second-order valence-corrected chi connectivity index (χ2v) is 3.29. The maximum atomic E-state index is 10.9. The van der Waals surface area contributed by atoms with Gasteiger partial charge < -0.3 is 4.74 Å². The second kappa shape index (κ2) is 4.31. The Labute approximate surface area is 67.1 Å². The summed E-state index contributed by atoms with van der Waals surface area (Å²) < 4.78 is 5.01. The van der Waals surface area contributed by atoms with E-state index in [0.29, 0.717) is 13.0 Å².